The maximum atomic E-state index is 13.0. The SMILES string of the molecule is Cc1ccc(-c2nc(NC(=O)C(C)Sc3ccc(NC(=O)c4c(Cl)c(Cl)c(Cl)c(Cl)c4C(=O)O)cc3)sc2C)cc1. The summed E-state index contributed by atoms with van der Waals surface area (Å²) in [6.07, 6.45) is 0. The number of hydrogen-bond donors (Lipinski definition) is 3. The number of carbonyl (C=O) groups is 3. The van der Waals surface area contributed by atoms with Crippen LogP contribution in [-0.4, -0.2) is 33.1 Å². The first-order valence-electron chi connectivity index (χ1n) is 11.9. The molecular formula is C28H21Cl4N3O4S2. The number of benzene rings is 3. The van der Waals surface area contributed by atoms with Gasteiger partial charge in [-0.05, 0) is 45.0 Å². The summed E-state index contributed by atoms with van der Waals surface area (Å²) in [6, 6.07) is 14.7. The number of anilines is 2. The summed E-state index contributed by atoms with van der Waals surface area (Å²) in [5.41, 5.74) is 2.37. The lowest BCUT2D eigenvalue weighted by Crippen LogP contribution is -2.22. The minimum atomic E-state index is -1.49. The van der Waals surface area contributed by atoms with Crippen LogP contribution in [-0.2, 0) is 4.79 Å². The van der Waals surface area contributed by atoms with E-state index in [4.69, 9.17) is 46.4 Å². The van der Waals surface area contributed by atoms with E-state index in [1.54, 1.807) is 31.2 Å². The van der Waals surface area contributed by atoms with E-state index < -0.39 is 33.3 Å². The number of carbonyl (C=O) groups excluding carboxylic acids is 2. The van der Waals surface area contributed by atoms with E-state index >= 15 is 0 Å². The molecule has 13 heteroatoms. The van der Waals surface area contributed by atoms with Crippen LogP contribution < -0.4 is 10.6 Å². The molecular weight excluding hydrogens is 648 g/mol. The third-order valence-corrected chi connectivity index (χ3v) is 9.65. The molecule has 1 aromatic heterocycles. The summed E-state index contributed by atoms with van der Waals surface area (Å²) in [4.78, 5) is 44.0. The van der Waals surface area contributed by atoms with Gasteiger partial charge in [-0.1, -0.05) is 76.2 Å². The van der Waals surface area contributed by atoms with Crippen molar-refractivity contribution in [3.8, 4) is 11.3 Å². The fourth-order valence-electron chi connectivity index (χ4n) is 3.75. The molecule has 3 aromatic carbocycles. The Hall–Kier alpha value is -2.79. The number of carboxylic acids is 1. The number of aryl methyl sites for hydroxylation is 2. The van der Waals surface area contributed by atoms with E-state index in [2.05, 4.69) is 15.6 Å². The van der Waals surface area contributed by atoms with Crippen LogP contribution in [0, 0.1) is 13.8 Å². The number of carboxylic acid groups (broad SMARTS) is 1. The predicted molar refractivity (Wildman–Crippen MR) is 169 cm³/mol. The molecule has 1 heterocycles. The summed E-state index contributed by atoms with van der Waals surface area (Å²) >= 11 is 26.9. The molecule has 4 rings (SSSR count). The second kappa shape index (κ2) is 13.0. The van der Waals surface area contributed by atoms with Gasteiger partial charge in [0.25, 0.3) is 5.91 Å². The van der Waals surface area contributed by atoms with E-state index in [1.165, 1.54) is 23.1 Å². The summed E-state index contributed by atoms with van der Waals surface area (Å²) in [7, 11) is 0. The first-order chi connectivity index (χ1) is 19.4. The number of amides is 2. The fourth-order valence-corrected chi connectivity index (χ4v) is 6.48. The highest BCUT2D eigenvalue weighted by atomic mass is 35.5. The van der Waals surface area contributed by atoms with Crippen molar-refractivity contribution in [1.82, 2.24) is 4.98 Å². The Kier molecular flexibility index (Phi) is 9.89. The summed E-state index contributed by atoms with van der Waals surface area (Å²) < 4.78 is 0. The lowest BCUT2D eigenvalue weighted by atomic mass is 10.1. The molecule has 0 spiro atoms. The highest BCUT2D eigenvalue weighted by Crippen LogP contribution is 2.42. The van der Waals surface area contributed by atoms with Gasteiger partial charge in [-0.3, -0.25) is 9.59 Å². The minimum Gasteiger partial charge on any atom is -0.478 e. The van der Waals surface area contributed by atoms with Crippen molar-refractivity contribution < 1.29 is 19.5 Å². The van der Waals surface area contributed by atoms with Crippen molar-refractivity contribution in [3.05, 3.63) is 90.2 Å². The zero-order valence-corrected chi connectivity index (χ0v) is 26.3. The Morgan fingerprint density at radius 3 is 2.02 bits per heavy atom. The van der Waals surface area contributed by atoms with Gasteiger partial charge in [0.15, 0.2) is 5.13 Å². The molecule has 7 nitrogen and oxygen atoms in total. The summed E-state index contributed by atoms with van der Waals surface area (Å²) in [5, 5.41) is 13.9. The third kappa shape index (κ3) is 6.99. The topological polar surface area (TPSA) is 108 Å². The number of halogens is 4. The highest BCUT2D eigenvalue weighted by molar-refractivity contribution is 8.00. The number of nitrogens with one attached hydrogen (secondary N) is 2. The molecule has 3 N–H and O–H groups in total. The summed E-state index contributed by atoms with van der Waals surface area (Å²) in [5.74, 6) is -2.52. The molecule has 41 heavy (non-hydrogen) atoms. The molecule has 0 radical (unpaired) electrons. The molecule has 0 bridgehead atoms. The van der Waals surface area contributed by atoms with Crippen molar-refractivity contribution in [3.63, 3.8) is 0 Å². The number of hydrogen-bond acceptors (Lipinski definition) is 6. The molecule has 1 atom stereocenters. The fraction of sp³-hybridized carbons (Fsp3) is 0.143. The zero-order chi connectivity index (χ0) is 30.0. The van der Waals surface area contributed by atoms with Gasteiger partial charge >= 0.3 is 5.97 Å². The third-order valence-electron chi connectivity index (χ3n) is 5.85. The van der Waals surface area contributed by atoms with Gasteiger partial charge in [-0.2, -0.15) is 0 Å². The van der Waals surface area contributed by atoms with Crippen LogP contribution in [0.3, 0.4) is 0 Å². The van der Waals surface area contributed by atoms with E-state index in [-0.39, 0.29) is 21.0 Å². The molecule has 0 saturated heterocycles. The Labute approximate surface area is 264 Å². The van der Waals surface area contributed by atoms with Gasteiger partial charge in [-0.15, -0.1) is 23.1 Å². The van der Waals surface area contributed by atoms with Crippen LogP contribution >= 0.6 is 69.5 Å². The number of thiazole rings is 1. The lowest BCUT2D eigenvalue weighted by Gasteiger charge is -2.14. The average Bonchev–Trinajstić information content (AvgIpc) is 3.29. The molecule has 2 amide bonds. The first-order valence-corrected chi connectivity index (χ1v) is 15.1. The van der Waals surface area contributed by atoms with Crippen molar-refractivity contribution in [2.45, 2.75) is 30.9 Å². The smallest absolute Gasteiger partial charge is 0.338 e. The molecule has 4 aromatic rings. The Morgan fingerprint density at radius 2 is 1.44 bits per heavy atom. The standard InChI is InChI=1S/C28H21Cl4N3O4S2/c1-12-4-6-15(7-5-12)24-13(2)41-28(34-24)35-25(36)14(3)40-17-10-8-16(9-11-17)33-26(37)18-19(27(38)39)21(30)23(32)22(31)20(18)29/h4-11,14H,1-3H3,(H,33,37)(H,38,39)(H,34,35,36). The average molecular weight is 669 g/mol. The largest absolute Gasteiger partial charge is 0.478 e. The van der Waals surface area contributed by atoms with Crippen molar-refractivity contribution >= 4 is 98.1 Å². The Morgan fingerprint density at radius 1 is 0.854 bits per heavy atom. The van der Waals surface area contributed by atoms with Crippen LogP contribution in [0.2, 0.25) is 20.1 Å². The number of rotatable bonds is 8. The van der Waals surface area contributed by atoms with Crippen LogP contribution in [0.5, 0.6) is 0 Å². The molecule has 0 saturated carbocycles. The van der Waals surface area contributed by atoms with E-state index in [0.717, 1.165) is 26.6 Å². The van der Waals surface area contributed by atoms with Crippen LogP contribution in [0.1, 0.15) is 38.1 Å². The van der Waals surface area contributed by atoms with Gasteiger partial charge in [0.1, 0.15) is 0 Å². The molecule has 1 unspecified atom stereocenters. The number of aromatic carboxylic acids is 1. The van der Waals surface area contributed by atoms with Crippen molar-refractivity contribution in [2.75, 3.05) is 10.6 Å². The van der Waals surface area contributed by atoms with Crippen LogP contribution in [0.15, 0.2) is 53.4 Å². The monoisotopic (exact) mass is 667 g/mol. The Balaban J connectivity index is 1.41. The predicted octanol–water partition coefficient (Wildman–Crippen LogP) is 9.11. The molecule has 0 aliphatic carbocycles. The molecule has 0 fully saturated rings. The van der Waals surface area contributed by atoms with Gasteiger partial charge in [0.05, 0.1) is 42.2 Å². The second-order valence-corrected chi connectivity index (χ2v) is 13.0. The van der Waals surface area contributed by atoms with Gasteiger partial charge in [-0.25, -0.2) is 9.78 Å². The van der Waals surface area contributed by atoms with E-state index in [0.29, 0.717) is 10.8 Å². The first kappa shape index (κ1) is 31.2. The molecule has 0 aliphatic heterocycles. The van der Waals surface area contributed by atoms with Gasteiger partial charge in [0.2, 0.25) is 5.91 Å². The van der Waals surface area contributed by atoms with Crippen LogP contribution in [0.4, 0.5) is 10.8 Å². The molecule has 0 aliphatic rings. The van der Waals surface area contributed by atoms with Gasteiger partial charge < -0.3 is 15.7 Å². The lowest BCUT2D eigenvalue weighted by molar-refractivity contribution is -0.115. The van der Waals surface area contributed by atoms with Crippen LogP contribution in [0.25, 0.3) is 11.3 Å². The normalized spacial score (nSPS) is 11.7. The number of nitrogens with zero attached hydrogens (tertiary/aromatic N) is 1. The Bertz CT molecular complexity index is 1660. The quantitative estimate of drug-likeness (QED) is 0.0982. The molecule has 212 valence electrons. The highest BCUT2D eigenvalue weighted by Gasteiger charge is 2.29. The maximum absolute atomic E-state index is 13.0. The number of aromatic nitrogens is 1. The minimum absolute atomic E-state index is 0.205. The van der Waals surface area contributed by atoms with E-state index in [9.17, 15) is 19.5 Å². The van der Waals surface area contributed by atoms with Crippen molar-refractivity contribution in [2.24, 2.45) is 0 Å². The number of thioether (sulfide) groups is 1. The zero-order valence-electron chi connectivity index (χ0n) is 21.6. The maximum Gasteiger partial charge on any atom is 0.338 e. The van der Waals surface area contributed by atoms with Crippen molar-refractivity contribution in [1.29, 1.82) is 0 Å². The second-order valence-electron chi connectivity index (χ2n) is 8.83. The van der Waals surface area contributed by atoms with Gasteiger partial charge in [0, 0.05) is 21.0 Å². The van der Waals surface area contributed by atoms with E-state index in [1.807, 2.05) is 38.1 Å². The summed E-state index contributed by atoms with van der Waals surface area (Å²) in [6.45, 7) is 5.76.